The van der Waals surface area contributed by atoms with Gasteiger partial charge in [-0.15, -0.1) is 11.8 Å². The number of fused-ring (bicyclic) bond motifs is 9. The number of thiazole rings is 1. The zero-order chi connectivity index (χ0) is 24.7. The molecular weight excluding hydrogens is 537 g/mol. The maximum atomic E-state index is 13.6. The number of nitrogens with one attached hydrogen (secondary N) is 1. The lowest BCUT2D eigenvalue weighted by molar-refractivity contribution is -0.140. The molecule has 1 N–H and O–H groups in total. The van der Waals surface area contributed by atoms with Crippen LogP contribution in [0, 0.1) is 29.6 Å². The van der Waals surface area contributed by atoms with Crippen LogP contribution in [-0.4, -0.2) is 33.3 Å². The van der Waals surface area contributed by atoms with Gasteiger partial charge in [-0.2, -0.15) is 10.1 Å². The monoisotopic (exact) mass is 555 g/mol. The first-order chi connectivity index (χ1) is 17.4. The van der Waals surface area contributed by atoms with E-state index in [0.29, 0.717) is 10.0 Å². The standard InChI is InChI=1S/C26H19Cl2N3O3S2/c27-13-5-1-11(2-6-13)10-29-31-24(32)19-15-9-16(20(19)25(31)33)21-18(15)17(12-3-7-14(28)8-4-12)22-23(35-21)30-26(34)36-22/h1-8,10,15-21H,9H2,(H,30,34)/b29-10-/t15-,16-,17-,18-,19+,20-,21+/m0/s1. The van der Waals surface area contributed by atoms with Crippen LogP contribution in [-0.2, 0) is 9.59 Å². The fourth-order valence-electron chi connectivity index (χ4n) is 6.83. The Kier molecular flexibility index (Phi) is 5.26. The van der Waals surface area contributed by atoms with Crippen LogP contribution in [0.2, 0.25) is 10.0 Å². The van der Waals surface area contributed by atoms with Gasteiger partial charge >= 0.3 is 4.87 Å². The summed E-state index contributed by atoms with van der Waals surface area (Å²) in [6.45, 7) is 0. The lowest BCUT2D eigenvalue weighted by Crippen LogP contribution is -2.42. The van der Waals surface area contributed by atoms with Crippen molar-refractivity contribution in [3.05, 3.63) is 84.2 Å². The molecule has 2 aliphatic heterocycles. The third-order valence-corrected chi connectivity index (χ3v) is 11.2. The summed E-state index contributed by atoms with van der Waals surface area (Å²) in [5.74, 6) is -0.917. The predicted octanol–water partition coefficient (Wildman–Crippen LogP) is 5.25. The Balaban J connectivity index is 1.25. The Labute approximate surface area is 224 Å². The SMILES string of the molecule is O=C1[C@@H]2[C@H]3C[C@H]([C@H]4Sc5[nH]c(=O)sc5[C@@H](c5ccc(Cl)cc5)[C@H]34)[C@@H]2C(=O)N1/N=C\c1ccc(Cl)cc1. The summed E-state index contributed by atoms with van der Waals surface area (Å²) in [6, 6.07) is 14.8. The number of halogens is 2. The number of imide groups is 1. The number of hydrogen-bond acceptors (Lipinski definition) is 6. The second-order valence-corrected chi connectivity index (χ2v) is 12.9. The Morgan fingerprint density at radius 2 is 1.56 bits per heavy atom. The minimum Gasteiger partial charge on any atom is -0.307 e. The molecule has 6 nitrogen and oxygen atoms in total. The van der Waals surface area contributed by atoms with Gasteiger partial charge in [-0.25, -0.2) is 0 Å². The molecule has 4 aliphatic rings. The number of nitrogens with zero attached hydrogens (tertiary/aromatic N) is 2. The molecule has 2 aromatic carbocycles. The lowest BCUT2D eigenvalue weighted by Gasteiger charge is -2.43. The van der Waals surface area contributed by atoms with Gasteiger partial charge in [0.15, 0.2) is 0 Å². The number of carbonyl (C=O) groups excluding carboxylic acids is 2. The van der Waals surface area contributed by atoms with Gasteiger partial charge in [-0.1, -0.05) is 58.8 Å². The molecule has 3 aromatic rings. The number of rotatable bonds is 3. The van der Waals surface area contributed by atoms with E-state index in [1.165, 1.54) is 17.6 Å². The largest absolute Gasteiger partial charge is 0.307 e. The van der Waals surface area contributed by atoms with E-state index in [4.69, 9.17) is 23.2 Å². The smallest absolute Gasteiger partial charge is 0.305 e. The Bertz CT molecular complexity index is 1480. The molecule has 0 unspecified atom stereocenters. The summed E-state index contributed by atoms with van der Waals surface area (Å²) in [6.07, 6.45) is 2.38. The van der Waals surface area contributed by atoms with Crippen molar-refractivity contribution in [3.63, 3.8) is 0 Å². The van der Waals surface area contributed by atoms with E-state index in [0.717, 1.165) is 32.5 Å². The van der Waals surface area contributed by atoms with Crippen molar-refractivity contribution >= 4 is 64.3 Å². The molecular formula is C26H19Cl2N3O3S2. The molecule has 7 rings (SSSR count). The van der Waals surface area contributed by atoms with E-state index >= 15 is 0 Å². The van der Waals surface area contributed by atoms with Crippen LogP contribution in [0.4, 0.5) is 0 Å². The number of thioether (sulfide) groups is 1. The average molecular weight is 556 g/mol. The minimum atomic E-state index is -0.376. The fraction of sp³-hybridized carbons (Fsp3) is 0.308. The third kappa shape index (κ3) is 3.31. The summed E-state index contributed by atoms with van der Waals surface area (Å²) in [5, 5.41) is 7.69. The van der Waals surface area contributed by atoms with Crippen LogP contribution in [0.5, 0.6) is 0 Å². The topological polar surface area (TPSA) is 82.6 Å². The predicted molar refractivity (Wildman–Crippen MR) is 141 cm³/mol. The molecule has 3 heterocycles. The summed E-state index contributed by atoms with van der Waals surface area (Å²) < 4.78 is 0. The highest BCUT2D eigenvalue weighted by atomic mass is 35.5. The third-order valence-electron chi connectivity index (χ3n) is 8.12. The van der Waals surface area contributed by atoms with E-state index in [1.54, 1.807) is 36.0 Å². The first kappa shape index (κ1) is 22.8. The minimum absolute atomic E-state index is 0.0158. The first-order valence-electron chi connectivity index (χ1n) is 11.7. The highest BCUT2D eigenvalue weighted by Crippen LogP contribution is 2.68. The maximum absolute atomic E-state index is 13.6. The average Bonchev–Trinajstić information content (AvgIpc) is 3.59. The van der Waals surface area contributed by atoms with Crippen LogP contribution in [0.15, 0.2) is 63.5 Å². The van der Waals surface area contributed by atoms with Gasteiger partial charge in [0.1, 0.15) is 0 Å². The van der Waals surface area contributed by atoms with Gasteiger partial charge in [0.2, 0.25) is 0 Å². The summed E-state index contributed by atoms with van der Waals surface area (Å²) in [4.78, 5) is 43.3. The normalized spacial score (nSPS) is 32.3. The Morgan fingerprint density at radius 3 is 2.25 bits per heavy atom. The summed E-state index contributed by atoms with van der Waals surface area (Å²) >= 11 is 15.0. The number of carbonyl (C=O) groups is 2. The number of aromatic amines is 1. The van der Waals surface area contributed by atoms with Crippen LogP contribution in [0.25, 0.3) is 0 Å². The molecule has 0 spiro atoms. The van der Waals surface area contributed by atoms with Gasteiger partial charge in [0.05, 0.1) is 23.1 Å². The van der Waals surface area contributed by atoms with Gasteiger partial charge in [0.25, 0.3) is 11.8 Å². The quantitative estimate of drug-likeness (QED) is 0.353. The number of H-pyrrole nitrogens is 1. The fourth-order valence-corrected chi connectivity index (χ4v) is 9.97. The maximum Gasteiger partial charge on any atom is 0.305 e. The number of amides is 2. The first-order valence-corrected chi connectivity index (χ1v) is 14.2. The van der Waals surface area contributed by atoms with Gasteiger partial charge in [-0.3, -0.25) is 14.4 Å². The number of aromatic nitrogens is 1. The second kappa shape index (κ2) is 8.31. The van der Waals surface area contributed by atoms with Crippen LogP contribution < -0.4 is 4.87 Å². The van der Waals surface area contributed by atoms with Crippen molar-refractivity contribution in [1.82, 2.24) is 9.99 Å². The van der Waals surface area contributed by atoms with E-state index in [9.17, 15) is 14.4 Å². The number of hydrazone groups is 1. The molecule has 2 bridgehead atoms. The zero-order valence-electron chi connectivity index (χ0n) is 18.6. The number of hydrogen-bond donors (Lipinski definition) is 1. The Morgan fingerprint density at radius 1 is 0.917 bits per heavy atom. The van der Waals surface area contributed by atoms with Crippen molar-refractivity contribution in [2.24, 2.45) is 34.7 Å². The number of benzene rings is 2. The summed E-state index contributed by atoms with van der Waals surface area (Å²) in [7, 11) is 0. The van der Waals surface area contributed by atoms with Gasteiger partial charge < -0.3 is 4.98 Å². The Hall–Kier alpha value is -2.39. The van der Waals surface area contributed by atoms with E-state index in [2.05, 4.69) is 10.1 Å². The van der Waals surface area contributed by atoms with Crippen molar-refractivity contribution in [2.45, 2.75) is 22.6 Å². The molecule has 2 saturated carbocycles. The summed E-state index contributed by atoms with van der Waals surface area (Å²) in [5.41, 5.74) is 1.85. The van der Waals surface area contributed by atoms with Crippen molar-refractivity contribution in [3.8, 4) is 0 Å². The van der Waals surface area contributed by atoms with Crippen LogP contribution in [0.3, 0.4) is 0 Å². The van der Waals surface area contributed by atoms with Crippen molar-refractivity contribution < 1.29 is 9.59 Å². The lowest BCUT2D eigenvalue weighted by atomic mass is 9.68. The van der Waals surface area contributed by atoms with Crippen LogP contribution in [0.1, 0.15) is 28.3 Å². The molecule has 3 fully saturated rings. The second-order valence-electron chi connectivity index (χ2n) is 9.80. The van der Waals surface area contributed by atoms with E-state index in [-0.39, 0.29) is 57.4 Å². The molecule has 182 valence electrons. The highest BCUT2D eigenvalue weighted by molar-refractivity contribution is 8.00. The molecule has 7 atom stereocenters. The molecule has 1 saturated heterocycles. The van der Waals surface area contributed by atoms with E-state index < -0.39 is 0 Å². The molecule has 2 aliphatic carbocycles. The molecule has 0 radical (unpaired) electrons. The van der Waals surface area contributed by atoms with Crippen molar-refractivity contribution in [2.75, 3.05) is 0 Å². The molecule has 1 aromatic heterocycles. The molecule has 2 amide bonds. The molecule has 36 heavy (non-hydrogen) atoms. The van der Waals surface area contributed by atoms with Gasteiger partial charge in [0, 0.05) is 26.1 Å². The van der Waals surface area contributed by atoms with Gasteiger partial charge in [-0.05, 0) is 59.6 Å². The van der Waals surface area contributed by atoms with E-state index in [1.807, 2.05) is 24.3 Å². The molecule has 10 heteroatoms. The zero-order valence-corrected chi connectivity index (χ0v) is 21.8. The highest BCUT2D eigenvalue weighted by Gasteiger charge is 2.69. The van der Waals surface area contributed by atoms with Crippen molar-refractivity contribution in [1.29, 1.82) is 0 Å². The van der Waals surface area contributed by atoms with Crippen LogP contribution >= 0.6 is 46.3 Å².